The predicted molar refractivity (Wildman–Crippen MR) is 71.0 cm³/mol. The van der Waals surface area contributed by atoms with Crippen molar-refractivity contribution in [2.75, 3.05) is 7.11 Å². The van der Waals surface area contributed by atoms with E-state index >= 15 is 0 Å². The normalized spacial score (nSPS) is 12.4. The van der Waals surface area contributed by atoms with Crippen LogP contribution in [0, 0.1) is 5.82 Å². The molecular weight excluding hydrogens is 251 g/mol. The molecule has 96 valence electrons. The van der Waals surface area contributed by atoms with Gasteiger partial charge < -0.3 is 4.74 Å². The Morgan fingerprint density at radius 1 is 1.39 bits per heavy atom. The lowest BCUT2D eigenvalue weighted by Gasteiger charge is -2.19. The molecule has 0 saturated heterocycles. The fourth-order valence-electron chi connectivity index (χ4n) is 1.91. The van der Waals surface area contributed by atoms with Gasteiger partial charge in [-0.1, -0.05) is 12.1 Å². The summed E-state index contributed by atoms with van der Waals surface area (Å²) in [6.07, 6.45) is 0.630. The molecular formula is C13H15FN2OS. The first-order valence-electron chi connectivity index (χ1n) is 5.57. The van der Waals surface area contributed by atoms with Crippen LogP contribution >= 0.6 is 11.3 Å². The Kier molecular flexibility index (Phi) is 4.30. The van der Waals surface area contributed by atoms with Crippen molar-refractivity contribution in [3.8, 4) is 5.75 Å². The number of nitrogens with one attached hydrogen (secondary N) is 1. The minimum Gasteiger partial charge on any atom is -0.496 e. The van der Waals surface area contributed by atoms with E-state index < -0.39 is 0 Å². The van der Waals surface area contributed by atoms with Gasteiger partial charge in [0.15, 0.2) is 0 Å². The third-order valence-electron chi connectivity index (χ3n) is 2.77. The molecule has 0 aliphatic rings. The summed E-state index contributed by atoms with van der Waals surface area (Å²) < 4.78 is 19.1. The SMILES string of the molecule is COc1cccc(F)c1C(Cc1cccs1)NN. The number of thiophene rings is 1. The van der Waals surface area contributed by atoms with E-state index in [0.29, 0.717) is 17.7 Å². The van der Waals surface area contributed by atoms with Gasteiger partial charge in [-0.05, 0) is 23.6 Å². The second-order valence-corrected chi connectivity index (χ2v) is 4.89. The van der Waals surface area contributed by atoms with E-state index in [4.69, 9.17) is 10.6 Å². The van der Waals surface area contributed by atoms with Crippen LogP contribution in [0.2, 0.25) is 0 Å². The van der Waals surface area contributed by atoms with Gasteiger partial charge >= 0.3 is 0 Å². The molecule has 1 atom stereocenters. The van der Waals surface area contributed by atoms with E-state index in [-0.39, 0.29) is 11.9 Å². The molecule has 1 aromatic carbocycles. The van der Waals surface area contributed by atoms with Crippen molar-refractivity contribution in [3.63, 3.8) is 0 Å². The molecule has 1 heterocycles. The largest absolute Gasteiger partial charge is 0.496 e. The van der Waals surface area contributed by atoms with Crippen molar-refractivity contribution in [2.24, 2.45) is 5.84 Å². The zero-order valence-corrected chi connectivity index (χ0v) is 10.8. The predicted octanol–water partition coefficient (Wildman–Crippen LogP) is 2.64. The second kappa shape index (κ2) is 5.95. The lowest BCUT2D eigenvalue weighted by atomic mass is 10.0. The number of hydrogen-bond donors (Lipinski definition) is 2. The number of hydrazine groups is 1. The minimum absolute atomic E-state index is 0.306. The smallest absolute Gasteiger partial charge is 0.131 e. The first kappa shape index (κ1) is 13.0. The van der Waals surface area contributed by atoms with Crippen molar-refractivity contribution >= 4 is 11.3 Å². The molecule has 2 rings (SSSR count). The third kappa shape index (κ3) is 2.69. The fourth-order valence-corrected chi connectivity index (χ4v) is 2.66. The highest BCUT2D eigenvalue weighted by Gasteiger charge is 2.20. The van der Waals surface area contributed by atoms with Gasteiger partial charge in [-0.25, -0.2) is 4.39 Å². The number of methoxy groups -OCH3 is 1. The number of nitrogens with two attached hydrogens (primary N) is 1. The summed E-state index contributed by atoms with van der Waals surface area (Å²) in [5.74, 6) is 5.74. The first-order valence-corrected chi connectivity index (χ1v) is 6.45. The Morgan fingerprint density at radius 3 is 2.83 bits per heavy atom. The molecule has 3 N–H and O–H groups in total. The number of halogens is 1. The van der Waals surface area contributed by atoms with Crippen LogP contribution in [0.3, 0.4) is 0 Å². The monoisotopic (exact) mass is 266 g/mol. The maximum Gasteiger partial charge on any atom is 0.131 e. The Bertz CT molecular complexity index is 502. The Balaban J connectivity index is 2.32. The second-order valence-electron chi connectivity index (χ2n) is 3.86. The Hall–Kier alpha value is -1.43. The number of rotatable bonds is 5. The Labute approximate surface area is 109 Å². The first-order chi connectivity index (χ1) is 8.76. The van der Waals surface area contributed by atoms with Gasteiger partial charge in [-0.2, -0.15) is 0 Å². The van der Waals surface area contributed by atoms with E-state index in [1.807, 2.05) is 17.5 Å². The number of hydrogen-bond acceptors (Lipinski definition) is 4. The topological polar surface area (TPSA) is 47.3 Å². The highest BCUT2D eigenvalue weighted by molar-refractivity contribution is 7.09. The molecule has 18 heavy (non-hydrogen) atoms. The molecule has 0 aliphatic heterocycles. The Morgan fingerprint density at radius 2 is 2.22 bits per heavy atom. The number of ether oxygens (including phenoxy) is 1. The van der Waals surface area contributed by atoms with Crippen LogP contribution in [0.5, 0.6) is 5.75 Å². The van der Waals surface area contributed by atoms with Gasteiger partial charge in [0.25, 0.3) is 0 Å². The van der Waals surface area contributed by atoms with E-state index in [1.165, 1.54) is 13.2 Å². The van der Waals surface area contributed by atoms with Gasteiger partial charge in [0, 0.05) is 16.9 Å². The fraction of sp³-hybridized carbons (Fsp3) is 0.231. The van der Waals surface area contributed by atoms with E-state index in [0.717, 1.165) is 4.88 Å². The molecule has 0 aliphatic carbocycles. The zero-order valence-electron chi connectivity index (χ0n) is 10.0. The van der Waals surface area contributed by atoms with Crippen LogP contribution in [0.1, 0.15) is 16.5 Å². The zero-order chi connectivity index (χ0) is 13.0. The molecule has 0 radical (unpaired) electrons. The molecule has 1 aromatic heterocycles. The summed E-state index contributed by atoms with van der Waals surface area (Å²) in [6.45, 7) is 0. The summed E-state index contributed by atoms with van der Waals surface area (Å²) >= 11 is 1.62. The van der Waals surface area contributed by atoms with Crippen molar-refractivity contribution in [1.29, 1.82) is 0 Å². The maximum absolute atomic E-state index is 13.9. The molecule has 0 bridgehead atoms. The standard InChI is InChI=1S/C13H15FN2OS/c1-17-12-6-2-5-10(14)13(12)11(16-15)8-9-4-3-7-18-9/h2-7,11,16H,8,15H2,1H3. The average molecular weight is 266 g/mol. The van der Waals surface area contributed by atoms with Crippen LogP contribution < -0.4 is 16.0 Å². The summed E-state index contributed by atoms with van der Waals surface area (Å²) in [6, 6.07) is 8.43. The van der Waals surface area contributed by atoms with Crippen LogP contribution in [-0.2, 0) is 6.42 Å². The lowest BCUT2D eigenvalue weighted by Crippen LogP contribution is -2.30. The van der Waals surface area contributed by atoms with E-state index in [9.17, 15) is 4.39 Å². The summed E-state index contributed by atoms with van der Waals surface area (Å²) in [5, 5.41) is 1.99. The molecule has 5 heteroatoms. The van der Waals surface area contributed by atoms with Crippen molar-refractivity contribution in [1.82, 2.24) is 5.43 Å². The highest BCUT2D eigenvalue weighted by Crippen LogP contribution is 2.30. The van der Waals surface area contributed by atoms with Crippen LogP contribution in [0.25, 0.3) is 0 Å². The molecule has 1 unspecified atom stereocenters. The average Bonchev–Trinajstić information content (AvgIpc) is 2.89. The molecule has 0 spiro atoms. The van der Waals surface area contributed by atoms with E-state index in [2.05, 4.69) is 5.43 Å². The maximum atomic E-state index is 13.9. The third-order valence-corrected chi connectivity index (χ3v) is 3.67. The quantitative estimate of drug-likeness (QED) is 0.646. The molecule has 2 aromatic rings. The van der Waals surface area contributed by atoms with Crippen molar-refractivity contribution in [2.45, 2.75) is 12.5 Å². The van der Waals surface area contributed by atoms with Crippen molar-refractivity contribution in [3.05, 3.63) is 52.0 Å². The summed E-state index contributed by atoms with van der Waals surface area (Å²) in [5.41, 5.74) is 3.13. The van der Waals surface area contributed by atoms with Crippen LogP contribution in [0.4, 0.5) is 4.39 Å². The summed E-state index contributed by atoms with van der Waals surface area (Å²) in [4.78, 5) is 1.14. The van der Waals surface area contributed by atoms with Crippen molar-refractivity contribution < 1.29 is 9.13 Å². The summed E-state index contributed by atoms with van der Waals surface area (Å²) in [7, 11) is 1.52. The van der Waals surface area contributed by atoms with Gasteiger partial charge in [-0.3, -0.25) is 11.3 Å². The van der Waals surface area contributed by atoms with Gasteiger partial charge in [-0.15, -0.1) is 11.3 Å². The highest BCUT2D eigenvalue weighted by atomic mass is 32.1. The molecule has 0 fully saturated rings. The van der Waals surface area contributed by atoms with Gasteiger partial charge in [0.2, 0.25) is 0 Å². The lowest BCUT2D eigenvalue weighted by molar-refractivity contribution is 0.390. The van der Waals surface area contributed by atoms with Gasteiger partial charge in [0.05, 0.1) is 13.2 Å². The minimum atomic E-state index is -0.311. The molecule has 3 nitrogen and oxygen atoms in total. The number of benzene rings is 1. The van der Waals surface area contributed by atoms with Gasteiger partial charge in [0.1, 0.15) is 11.6 Å². The molecule has 0 amide bonds. The van der Waals surface area contributed by atoms with E-state index in [1.54, 1.807) is 23.5 Å². The van der Waals surface area contributed by atoms with Crippen LogP contribution in [-0.4, -0.2) is 7.11 Å². The van der Waals surface area contributed by atoms with Crippen LogP contribution in [0.15, 0.2) is 35.7 Å². The molecule has 0 saturated carbocycles.